The summed E-state index contributed by atoms with van der Waals surface area (Å²) in [6, 6.07) is 22.0. The molecule has 0 radical (unpaired) electrons. The van der Waals surface area contributed by atoms with Gasteiger partial charge in [-0.3, -0.25) is 14.6 Å². The molecule has 0 bridgehead atoms. The highest BCUT2D eigenvalue weighted by Crippen LogP contribution is 2.23. The van der Waals surface area contributed by atoms with Crippen molar-refractivity contribution in [2.24, 2.45) is 0 Å². The lowest BCUT2D eigenvalue weighted by atomic mass is 10.1. The number of aromatic nitrogens is 2. The molecule has 4 rings (SSSR count). The van der Waals surface area contributed by atoms with Gasteiger partial charge in [-0.2, -0.15) is 0 Å². The molecule has 1 aromatic heterocycles. The summed E-state index contributed by atoms with van der Waals surface area (Å²) < 4.78 is 5.78. The first kappa shape index (κ1) is 21.0. The van der Waals surface area contributed by atoms with E-state index in [2.05, 4.69) is 20.6 Å². The first-order valence-corrected chi connectivity index (χ1v) is 10.2. The van der Waals surface area contributed by atoms with Crippen LogP contribution in [-0.4, -0.2) is 27.9 Å². The minimum absolute atomic E-state index is 0.150. The monoisotopic (exact) mass is 426 g/mol. The zero-order valence-electron chi connectivity index (χ0n) is 17.7. The van der Waals surface area contributed by atoms with Gasteiger partial charge < -0.3 is 15.4 Å². The second kappa shape index (κ2) is 9.26. The number of anilines is 2. The molecule has 160 valence electrons. The highest BCUT2D eigenvalue weighted by atomic mass is 16.5. The number of fused-ring (bicyclic) bond motifs is 1. The number of rotatable bonds is 6. The average molecular weight is 426 g/mol. The third-order valence-electron chi connectivity index (χ3n) is 4.75. The van der Waals surface area contributed by atoms with Crippen molar-refractivity contribution in [1.82, 2.24) is 9.97 Å². The standard InChI is InChI=1S/C25H22N4O3/c1-16(25(31)28-20-11-9-19(10-12-20)27-17(2)30)32-21-13-7-18(8-14-21)24-15-26-22-5-3-4-6-23(22)29-24/h3-16H,1-2H3,(H,27,30)(H,28,31)/t16-/m1/s1. The Balaban J connectivity index is 1.38. The Morgan fingerprint density at radius 1 is 0.844 bits per heavy atom. The molecular formula is C25H22N4O3. The van der Waals surface area contributed by atoms with Crippen LogP contribution in [0.4, 0.5) is 11.4 Å². The van der Waals surface area contributed by atoms with Crippen molar-refractivity contribution >= 4 is 34.2 Å². The number of ether oxygens (including phenoxy) is 1. The van der Waals surface area contributed by atoms with Crippen LogP contribution in [0.2, 0.25) is 0 Å². The largest absolute Gasteiger partial charge is 0.481 e. The van der Waals surface area contributed by atoms with Crippen LogP contribution in [-0.2, 0) is 9.59 Å². The summed E-state index contributed by atoms with van der Waals surface area (Å²) in [5.74, 6) is 0.149. The highest BCUT2D eigenvalue weighted by Gasteiger charge is 2.15. The van der Waals surface area contributed by atoms with E-state index in [1.807, 2.05) is 36.4 Å². The third kappa shape index (κ3) is 5.07. The van der Waals surface area contributed by atoms with E-state index >= 15 is 0 Å². The molecule has 0 spiro atoms. The number of hydrogen-bond acceptors (Lipinski definition) is 5. The predicted octanol–water partition coefficient (Wildman–Crippen LogP) is 4.66. The lowest BCUT2D eigenvalue weighted by molar-refractivity contribution is -0.122. The van der Waals surface area contributed by atoms with Crippen molar-refractivity contribution in [3.05, 3.63) is 79.0 Å². The lowest BCUT2D eigenvalue weighted by Gasteiger charge is -2.15. The van der Waals surface area contributed by atoms with E-state index < -0.39 is 6.10 Å². The van der Waals surface area contributed by atoms with Gasteiger partial charge in [-0.15, -0.1) is 0 Å². The maximum Gasteiger partial charge on any atom is 0.265 e. The van der Waals surface area contributed by atoms with Gasteiger partial charge in [0.1, 0.15) is 5.75 Å². The molecule has 1 heterocycles. The van der Waals surface area contributed by atoms with Gasteiger partial charge in [0.05, 0.1) is 22.9 Å². The molecule has 0 aliphatic rings. The quantitative estimate of drug-likeness (QED) is 0.468. The van der Waals surface area contributed by atoms with Crippen molar-refractivity contribution < 1.29 is 14.3 Å². The van der Waals surface area contributed by atoms with E-state index in [1.165, 1.54) is 6.92 Å². The van der Waals surface area contributed by atoms with Gasteiger partial charge in [0.2, 0.25) is 5.91 Å². The minimum atomic E-state index is -0.698. The van der Waals surface area contributed by atoms with Crippen molar-refractivity contribution in [1.29, 1.82) is 0 Å². The van der Waals surface area contributed by atoms with E-state index in [9.17, 15) is 9.59 Å². The Bertz CT molecular complexity index is 1250. The SMILES string of the molecule is CC(=O)Nc1ccc(NC(=O)[C@@H](C)Oc2ccc(-c3cnc4ccccc4n3)cc2)cc1. The van der Waals surface area contributed by atoms with Crippen molar-refractivity contribution in [2.75, 3.05) is 10.6 Å². The molecular weight excluding hydrogens is 404 g/mol. The molecule has 0 fully saturated rings. The number of para-hydroxylation sites is 2. The molecule has 0 unspecified atom stereocenters. The molecule has 0 saturated heterocycles. The van der Waals surface area contributed by atoms with E-state index in [4.69, 9.17) is 4.74 Å². The van der Waals surface area contributed by atoms with E-state index in [1.54, 1.807) is 49.5 Å². The Kier molecular flexibility index (Phi) is 6.07. The Morgan fingerprint density at radius 2 is 1.47 bits per heavy atom. The smallest absolute Gasteiger partial charge is 0.265 e. The number of carbonyl (C=O) groups excluding carboxylic acids is 2. The fraction of sp³-hybridized carbons (Fsp3) is 0.120. The number of nitrogens with zero attached hydrogens (tertiary/aromatic N) is 2. The normalized spacial score (nSPS) is 11.6. The zero-order chi connectivity index (χ0) is 22.5. The topological polar surface area (TPSA) is 93.2 Å². The number of hydrogen-bond donors (Lipinski definition) is 2. The number of amides is 2. The van der Waals surface area contributed by atoms with Gasteiger partial charge in [-0.05, 0) is 67.6 Å². The number of benzene rings is 3. The summed E-state index contributed by atoms with van der Waals surface area (Å²) in [6.45, 7) is 3.13. The Hall–Kier alpha value is -4.26. The molecule has 7 nitrogen and oxygen atoms in total. The average Bonchev–Trinajstić information content (AvgIpc) is 2.80. The van der Waals surface area contributed by atoms with Crippen LogP contribution in [0.1, 0.15) is 13.8 Å². The van der Waals surface area contributed by atoms with Crippen LogP contribution < -0.4 is 15.4 Å². The Labute approximate surface area is 185 Å². The molecule has 3 aromatic carbocycles. The molecule has 0 saturated carbocycles. The van der Waals surface area contributed by atoms with Gasteiger partial charge >= 0.3 is 0 Å². The Morgan fingerprint density at radius 3 is 2.12 bits per heavy atom. The second-order valence-corrected chi connectivity index (χ2v) is 7.28. The molecule has 2 amide bonds. The van der Waals surface area contributed by atoms with Crippen molar-refractivity contribution in [2.45, 2.75) is 20.0 Å². The van der Waals surface area contributed by atoms with Gasteiger partial charge in [0.15, 0.2) is 6.10 Å². The predicted molar refractivity (Wildman–Crippen MR) is 124 cm³/mol. The highest BCUT2D eigenvalue weighted by molar-refractivity contribution is 5.94. The fourth-order valence-corrected chi connectivity index (χ4v) is 3.14. The third-order valence-corrected chi connectivity index (χ3v) is 4.75. The van der Waals surface area contributed by atoms with Gasteiger partial charge in [-0.1, -0.05) is 12.1 Å². The summed E-state index contributed by atoms with van der Waals surface area (Å²) in [7, 11) is 0. The molecule has 2 N–H and O–H groups in total. The first-order valence-electron chi connectivity index (χ1n) is 10.2. The van der Waals surface area contributed by atoms with Crippen molar-refractivity contribution in [3.63, 3.8) is 0 Å². The summed E-state index contributed by atoms with van der Waals surface area (Å²) in [5, 5.41) is 5.48. The summed E-state index contributed by atoms with van der Waals surface area (Å²) >= 11 is 0. The van der Waals surface area contributed by atoms with Gasteiger partial charge in [0.25, 0.3) is 5.91 Å². The molecule has 0 aliphatic carbocycles. The maximum atomic E-state index is 12.5. The van der Waals surface area contributed by atoms with Gasteiger partial charge in [-0.25, -0.2) is 4.98 Å². The van der Waals surface area contributed by atoms with Crippen LogP contribution in [0.25, 0.3) is 22.3 Å². The first-order chi connectivity index (χ1) is 15.5. The molecule has 0 aliphatic heterocycles. The van der Waals surface area contributed by atoms with E-state index in [0.29, 0.717) is 17.1 Å². The number of nitrogens with one attached hydrogen (secondary N) is 2. The zero-order valence-corrected chi connectivity index (χ0v) is 17.7. The van der Waals surface area contributed by atoms with Crippen LogP contribution in [0, 0.1) is 0 Å². The summed E-state index contributed by atoms with van der Waals surface area (Å²) in [6.07, 6.45) is 1.04. The van der Waals surface area contributed by atoms with E-state index in [0.717, 1.165) is 22.3 Å². The fourth-order valence-electron chi connectivity index (χ4n) is 3.14. The minimum Gasteiger partial charge on any atom is -0.481 e. The van der Waals surface area contributed by atoms with Crippen molar-refractivity contribution in [3.8, 4) is 17.0 Å². The molecule has 7 heteroatoms. The van der Waals surface area contributed by atoms with Crippen LogP contribution in [0.3, 0.4) is 0 Å². The molecule has 32 heavy (non-hydrogen) atoms. The van der Waals surface area contributed by atoms with Crippen LogP contribution in [0.15, 0.2) is 79.0 Å². The lowest BCUT2D eigenvalue weighted by Crippen LogP contribution is -2.30. The number of carbonyl (C=O) groups is 2. The van der Waals surface area contributed by atoms with Gasteiger partial charge in [0, 0.05) is 23.9 Å². The van der Waals surface area contributed by atoms with Crippen LogP contribution >= 0.6 is 0 Å². The second-order valence-electron chi connectivity index (χ2n) is 7.28. The molecule has 1 atom stereocenters. The van der Waals surface area contributed by atoms with E-state index in [-0.39, 0.29) is 11.8 Å². The van der Waals surface area contributed by atoms with Crippen LogP contribution in [0.5, 0.6) is 5.75 Å². The summed E-state index contributed by atoms with van der Waals surface area (Å²) in [4.78, 5) is 32.6. The summed E-state index contributed by atoms with van der Waals surface area (Å²) in [5.41, 5.74) is 4.64. The molecule has 4 aromatic rings. The maximum absolute atomic E-state index is 12.5.